The van der Waals surface area contributed by atoms with Crippen molar-refractivity contribution in [3.8, 4) is 0 Å². The van der Waals surface area contributed by atoms with Crippen LogP contribution in [0.4, 0.5) is 5.82 Å². The third-order valence-electron chi connectivity index (χ3n) is 1.68. The molecule has 0 aliphatic heterocycles. The predicted molar refractivity (Wildman–Crippen MR) is 48.8 cm³/mol. The summed E-state index contributed by atoms with van der Waals surface area (Å²) >= 11 is 1.41. The largest absolute Gasteiger partial charge is 0.464 e. The van der Waals surface area contributed by atoms with Crippen LogP contribution in [-0.2, 0) is 4.74 Å². The zero-order chi connectivity index (χ0) is 9.42. The van der Waals surface area contributed by atoms with Gasteiger partial charge in [-0.05, 0) is 0 Å². The molecule has 0 radical (unpaired) electrons. The van der Waals surface area contributed by atoms with Crippen LogP contribution in [-0.4, -0.2) is 22.5 Å². The van der Waals surface area contributed by atoms with Gasteiger partial charge < -0.3 is 10.5 Å². The third kappa shape index (κ3) is 1.06. The maximum Gasteiger partial charge on any atom is 0.360 e. The van der Waals surface area contributed by atoms with Gasteiger partial charge in [0, 0.05) is 11.6 Å². The number of imidazole rings is 1. The van der Waals surface area contributed by atoms with Crippen molar-refractivity contribution >= 4 is 28.1 Å². The molecule has 13 heavy (non-hydrogen) atoms. The van der Waals surface area contributed by atoms with Gasteiger partial charge in [0.1, 0.15) is 5.82 Å². The van der Waals surface area contributed by atoms with Crippen LogP contribution in [0.15, 0.2) is 11.6 Å². The molecule has 5 nitrogen and oxygen atoms in total. The quantitative estimate of drug-likeness (QED) is 0.685. The van der Waals surface area contributed by atoms with Crippen molar-refractivity contribution in [3.63, 3.8) is 0 Å². The first-order valence-corrected chi connectivity index (χ1v) is 4.41. The van der Waals surface area contributed by atoms with Gasteiger partial charge in [-0.15, -0.1) is 11.3 Å². The first-order chi connectivity index (χ1) is 6.24. The van der Waals surface area contributed by atoms with Crippen molar-refractivity contribution in [1.29, 1.82) is 0 Å². The van der Waals surface area contributed by atoms with E-state index < -0.39 is 5.97 Å². The van der Waals surface area contributed by atoms with Crippen molar-refractivity contribution in [3.05, 3.63) is 17.3 Å². The molecular formula is C7H7N3O2S. The summed E-state index contributed by atoms with van der Waals surface area (Å²) in [5.41, 5.74) is 5.84. The van der Waals surface area contributed by atoms with Gasteiger partial charge in [-0.3, -0.25) is 4.40 Å². The van der Waals surface area contributed by atoms with Gasteiger partial charge in [0.15, 0.2) is 10.7 Å². The van der Waals surface area contributed by atoms with E-state index in [0.717, 1.165) is 0 Å². The maximum absolute atomic E-state index is 11.1. The SMILES string of the molecule is COC(=O)c1nc2sccn2c1N. The Morgan fingerprint density at radius 2 is 2.54 bits per heavy atom. The Labute approximate surface area is 77.8 Å². The van der Waals surface area contributed by atoms with Crippen LogP contribution in [0.1, 0.15) is 10.5 Å². The Morgan fingerprint density at radius 3 is 3.15 bits per heavy atom. The number of nitrogens with two attached hydrogens (primary N) is 1. The molecule has 6 heteroatoms. The number of methoxy groups -OCH3 is 1. The summed E-state index contributed by atoms with van der Waals surface area (Å²) in [7, 11) is 1.30. The van der Waals surface area contributed by atoms with Gasteiger partial charge in [-0.25, -0.2) is 9.78 Å². The van der Waals surface area contributed by atoms with E-state index in [2.05, 4.69) is 9.72 Å². The minimum Gasteiger partial charge on any atom is -0.464 e. The molecule has 0 atom stereocenters. The second-order valence-corrected chi connectivity index (χ2v) is 3.27. The van der Waals surface area contributed by atoms with Crippen molar-refractivity contribution in [2.24, 2.45) is 0 Å². The van der Waals surface area contributed by atoms with Crippen LogP contribution in [0.5, 0.6) is 0 Å². The number of carbonyl (C=O) groups is 1. The van der Waals surface area contributed by atoms with E-state index in [4.69, 9.17) is 5.73 Å². The molecule has 0 amide bonds. The predicted octanol–water partition coefficient (Wildman–Crippen LogP) is 0.765. The van der Waals surface area contributed by atoms with E-state index in [1.807, 2.05) is 5.38 Å². The lowest BCUT2D eigenvalue weighted by atomic mass is 10.4. The molecule has 68 valence electrons. The summed E-state index contributed by atoms with van der Waals surface area (Å²) in [6.07, 6.45) is 1.76. The lowest BCUT2D eigenvalue weighted by Crippen LogP contribution is -2.05. The molecule has 0 saturated heterocycles. The molecule has 0 aromatic carbocycles. The van der Waals surface area contributed by atoms with Gasteiger partial charge in [-0.2, -0.15) is 0 Å². The van der Waals surface area contributed by atoms with Crippen molar-refractivity contribution < 1.29 is 9.53 Å². The van der Waals surface area contributed by atoms with Crippen LogP contribution in [0.2, 0.25) is 0 Å². The normalized spacial score (nSPS) is 10.5. The Morgan fingerprint density at radius 1 is 1.77 bits per heavy atom. The summed E-state index contributed by atoms with van der Waals surface area (Å²) in [6.45, 7) is 0. The van der Waals surface area contributed by atoms with Crippen LogP contribution >= 0.6 is 11.3 Å². The van der Waals surface area contributed by atoms with Crippen LogP contribution in [0.25, 0.3) is 4.96 Å². The number of aromatic nitrogens is 2. The molecular weight excluding hydrogens is 190 g/mol. The Bertz CT molecular complexity index is 459. The van der Waals surface area contributed by atoms with E-state index in [9.17, 15) is 4.79 Å². The maximum atomic E-state index is 11.1. The lowest BCUT2D eigenvalue weighted by molar-refractivity contribution is 0.0596. The molecule has 0 unspecified atom stereocenters. The molecule has 0 aliphatic carbocycles. The number of ether oxygens (including phenoxy) is 1. The molecule has 0 saturated carbocycles. The topological polar surface area (TPSA) is 69.6 Å². The molecule has 0 bridgehead atoms. The summed E-state index contributed by atoms with van der Waals surface area (Å²) in [5, 5.41) is 1.85. The first kappa shape index (κ1) is 8.06. The van der Waals surface area contributed by atoms with E-state index in [1.165, 1.54) is 18.4 Å². The number of carbonyl (C=O) groups excluding carboxylic acids is 1. The monoisotopic (exact) mass is 197 g/mol. The van der Waals surface area contributed by atoms with Gasteiger partial charge in [0.05, 0.1) is 7.11 Å². The highest BCUT2D eigenvalue weighted by molar-refractivity contribution is 7.15. The Kier molecular flexibility index (Phi) is 1.70. The van der Waals surface area contributed by atoms with Crippen LogP contribution < -0.4 is 5.73 Å². The summed E-state index contributed by atoms with van der Waals surface area (Å²) in [5.74, 6) is -0.184. The summed E-state index contributed by atoms with van der Waals surface area (Å²) < 4.78 is 6.18. The second kappa shape index (κ2) is 2.74. The molecule has 0 fully saturated rings. The van der Waals surface area contributed by atoms with Gasteiger partial charge >= 0.3 is 5.97 Å². The molecule has 0 spiro atoms. The molecule has 2 heterocycles. The Hall–Kier alpha value is -1.56. The molecule has 2 aromatic rings. The summed E-state index contributed by atoms with van der Waals surface area (Å²) in [4.78, 5) is 15.8. The van der Waals surface area contributed by atoms with E-state index in [1.54, 1.807) is 10.6 Å². The number of esters is 1. The van der Waals surface area contributed by atoms with Gasteiger partial charge in [0.25, 0.3) is 0 Å². The smallest absolute Gasteiger partial charge is 0.360 e. The number of rotatable bonds is 1. The molecule has 2 N–H and O–H groups in total. The highest BCUT2D eigenvalue weighted by atomic mass is 32.1. The highest BCUT2D eigenvalue weighted by Gasteiger charge is 2.17. The number of hydrogen-bond acceptors (Lipinski definition) is 5. The van der Waals surface area contributed by atoms with E-state index in [-0.39, 0.29) is 5.69 Å². The zero-order valence-electron chi connectivity index (χ0n) is 6.85. The number of hydrogen-bond donors (Lipinski definition) is 1. The van der Waals surface area contributed by atoms with Crippen molar-refractivity contribution in [2.45, 2.75) is 0 Å². The number of fused-ring (bicyclic) bond motifs is 1. The fourth-order valence-electron chi connectivity index (χ4n) is 1.05. The first-order valence-electron chi connectivity index (χ1n) is 3.53. The number of nitrogen functional groups attached to an aromatic ring is 1. The van der Waals surface area contributed by atoms with Crippen LogP contribution in [0, 0.1) is 0 Å². The van der Waals surface area contributed by atoms with E-state index >= 15 is 0 Å². The lowest BCUT2D eigenvalue weighted by Gasteiger charge is -1.94. The number of anilines is 1. The molecule has 0 aliphatic rings. The average molecular weight is 197 g/mol. The Balaban J connectivity index is 2.64. The highest BCUT2D eigenvalue weighted by Crippen LogP contribution is 2.19. The van der Waals surface area contributed by atoms with Crippen molar-refractivity contribution in [2.75, 3.05) is 12.8 Å². The minimum atomic E-state index is -0.506. The minimum absolute atomic E-state index is 0.175. The average Bonchev–Trinajstić information content (AvgIpc) is 2.68. The fourth-order valence-corrected chi connectivity index (χ4v) is 1.77. The molecule has 2 aromatic heterocycles. The molecule has 2 rings (SSSR count). The zero-order valence-corrected chi connectivity index (χ0v) is 7.67. The van der Waals surface area contributed by atoms with Gasteiger partial charge in [0.2, 0.25) is 0 Å². The number of thiazole rings is 1. The van der Waals surface area contributed by atoms with E-state index in [0.29, 0.717) is 10.8 Å². The van der Waals surface area contributed by atoms with Crippen LogP contribution in [0.3, 0.4) is 0 Å². The standard InChI is InChI=1S/C7H7N3O2S/c1-12-6(11)4-5(8)10-2-3-13-7(10)9-4/h2-3H,8H2,1H3. The fraction of sp³-hybridized carbons (Fsp3) is 0.143. The number of nitrogens with zero attached hydrogens (tertiary/aromatic N) is 2. The third-order valence-corrected chi connectivity index (χ3v) is 2.43. The van der Waals surface area contributed by atoms with Gasteiger partial charge in [-0.1, -0.05) is 0 Å². The summed E-state index contributed by atoms with van der Waals surface area (Å²) in [6, 6.07) is 0. The second-order valence-electron chi connectivity index (χ2n) is 2.39. The van der Waals surface area contributed by atoms with Crippen molar-refractivity contribution in [1.82, 2.24) is 9.38 Å².